The first-order valence-electron chi connectivity index (χ1n) is 7.52. The number of aromatic nitrogens is 2. The van der Waals surface area contributed by atoms with Crippen LogP contribution in [0, 0.1) is 0 Å². The van der Waals surface area contributed by atoms with Gasteiger partial charge in [-0.2, -0.15) is 0 Å². The molecule has 0 radical (unpaired) electrons. The van der Waals surface area contributed by atoms with Crippen LogP contribution in [0.3, 0.4) is 0 Å². The minimum absolute atomic E-state index is 0.0200. The largest absolute Gasteiger partial charge is 0.444 e. The van der Waals surface area contributed by atoms with E-state index in [4.69, 9.17) is 4.74 Å². The molecule has 23 heavy (non-hydrogen) atoms. The number of halogens is 1. The monoisotopic (exact) mass is 384 g/mol. The van der Waals surface area contributed by atoms with E-state index in [0.29, 0.717) is 30.5 Å². The molecular formula is C15H21BrN4O3. The second kappa shape index (κ2) is 7.25. The molecular weight excluding hydrogens is 364 g/mol. The highest BCUT2D eigenvalue weighted by Crippen LogP contribution is 2.15. The highest BCUT2D eigenvalue weighted by Gasteiger charge is 2.27. The summed E-state index contributed by atoms with van der Waals surface area (Å²) in [6.45, 7) is 6.66. The van der Waals surface area contributed by atoms with Crippen LogP contribution >= 0.6 is 15.9 Å². The van der Waals surface area contributed by atoms with Gasteiger partial charge in [0.2, 0.25) is 0 Å². The van der Waals surface area contributed by atoms with E-state index in [1.54, 1.807) is 17.0 Å². The summed E-state index contributed by atoms with van der Waals surface area (Å²) in [5.41, 5.74) is -0.217. The van der Waals surface area contributed by atoms with E-state index in [9.17, 15) is 9.59 Å². The van der Waals surface area contributed by atoms with Crippen molar-refractivity contribution < 1.29 is 14.3 Å². The SMILES string of the molecule is CC(C)(C)OC(=O)N1CCC(NC(=O)c2ccc(Br)nn2)CC1. The van der Waals surface area contributed by atoms with E-state index < -0.39 is 5.60 Å². The molecule has 126 valence electrons. The van der Waals surface area contributed by atoms with Crippen LogP contribution in [-0.2, 0) is 4.74 Å². The number of ether oxygens (including phenoxy) is 1. The van der Waals surface area contributed by atoms with Crippen LogP contribution in [0.1, 0.15) is 44.1 Å². The minimum Gasteiger partial charge on any atom is -0.444 e. The van der Waals surface area contributed by atoms with Gasteiger partial charge < -0.3 is 15.0 Å². The lowest BCUT2D eigenvalue weighted by Crippen LogP contribution is -2.47. The first-order chi connectivity index (χ1) is 10.7. The van der Waals surface area contributed by atoms with Gasteiger partial charge in [-0.3, -0.25) is 4.79 Å². The Morgan fingerprint density at radius 3 is 2.43 bits per heavy atom. The summed E-state index contributed by atoms with van der Waals surface area (Å²) < 4.78 is 5.93. The minimum atomic E-state index is -0.498. The molecule has 1 aromatic rings. The second-order valence-electron chi connectivity index (χ2n) is 6.46. The predicted molar refractivity (Wildman–Crippen MR) is 88.0 cm³/mol. The quantitative estimate of drug-likeness (QED) is 0.845. The van der Waals surface area contributed by atoms with E-state index in [-0.39, 0.29) is 23.7 Å². The first-order valence-corrected chi connectivity index (χ1v) is 8.32. The molecule has 7 nitrogen and oxygen atoms in total. The number of hydrogen-bond donors (Lipinski definition) is 1. The summed E-state index contributed by atoms with van der Waals surface area (Å²) >= 11 is 3.18. The molecule has 0 unspecified atom stereocenters. The van der Waals surface area contributed by atoms with Crippen molar-refractivity contribution >= 4 is 27.9 Å². The number of carbonyl (C=O) groups is 2. The maximum absolute atomic E-state index is 12.1. The molecule has 2 rings (SSSR count). The highest BCUT2D eigenvalue weighted by molar-refractivity contribution is 9.10. The Kier molecular flexibility index (Phi) is 5.56. The van der Waals surface area contributed by atoms with Crippen molar-refractivity contribution in [3.63, 3.8) is 0 Å². The van der Waals surface area contributed by atoms with Gasteiger partial charge in [0.1, 0.15) is 10.2 Å². The van der Waals surface area contributed by atoms with E-state index in [1.165, 1.54) is 0 Å². The molecule has 0 saturated carbocycles. The third-order valence-electron chi connectivity index (χ3n) is 3.35. The topological polar surface area (TPSA) is 84.4 Å². The van der Waals surface area contributed by atoms with E-state index in [2.05, 4.69) is 31.4 Å². The van der Waals surface area contributed by atoms with Crippen LogP contribution in [0.5, 0.6) is 0 Å². The Balaban J connectivity index is 1.81. The van der Waals surface area contributed by atoms with Crippen molar-refractivity contribution in [2.75, 3.05) is 13.1 Å². The number of hydrogen-bond acceptors (Lipinski definition) is 5. The number of piperidine rings is 1. The van der Waals surface area contributed by atoms with E-state index in [1.807, 2.05) is 20.8 Å². The summed E-state index contributed by atoms with van der Waals surface area (Å²) in [6, 6.07) is 3.31. The molecule has 1 aliphatic heterocycles. The van der Waals surface area contributed by atoms with Gasteiger partial charge in [-0.1, -0.05) is 0 Å². The molecule has 0 spiro atoms. The number of carbonyl (C=O) groups excluding carboxylic acids is 2. The summed E-state index contributed by atoms with van der Waals surface area (Å²) in [5, 5.41) is 10.6. The lowest BCUT2D eigenvalue weighted by Gasteiger charge is -2.33. The summed E-state index contributed by atoms with van der Waals surface area (Å²) in [6.07, 6.45) is 1.07. The zero-order chi connectivity index (χ0) is 17.0. The average Bonchev–Trinajstić information content (AvgIpc) is 2.46. The number of nitrogens with one attached hydrogen (secondary N) is 1. The molecule has 1 aliphatic rings. The zero-order valence-corrected chi connectivity index (χ0v) is 15.1. The van der Waals surface area contributed by atoms with Crippen molar-refractivity contribution in [1.29, 1.82) is 0 Å². The summed E-state index contributed by atoms with van der Waals surface area (Å²) in [4.78, 5) is 25.8. The van der Waals surface area contributed by atoms with Crippen molar-refractivity contribution in [1.82, 2.24) is 20.4 Å². The van der Waals surface area contributed by atoms with E-state index in [0.717, 1.165) is 0 Å². The Morgan fingerprint density at radius 1 is 1.26 bits per heavy atom. The van der Waals surface area contributed by atoms with Crippen LogP contribution in [-0.4, -0.2) is 51.8 Å². The van der Waals surface area contributed by atoms with Gasteiger partial charge in [0.15, 0.2) is 5.69 Å². The van der Waals surface area contributed by atoms with Crippen molar-refractivity contribution in [2.45, 2.75) is 45.3 Å². The molecule has 1 fully saturated rings. The van der Waals surface area contributed by atoms with Crippen molar-refractivity contribution in [2.24, 2.45) is 0 Å². The number of nitrogens with zero attached hydrogens (tertiary/aromatic N) is 3. The van der Waals surface area contributed by atoms with Crippen LogP contribution in [0.2, 0.25) is 0 Å². The van der Waals surface area contributed by atoms with Gasteiger partial charge in [0.25, 0.3) is 5.91 Å². The molecule has 1 saturated heterocycles. The molecule has 0 aliphatic carbocycles. The molecule has 1 N–H and O–H groups in total. The maximum atomic E-state index is 12.1. The number of amides is 2. The molecule has 0 atom stereocenters. The Hall–Kier alpha value is -1.70. The average molecular weight is 385 g/mol. The first kappa shape index (κ1) is 17.7. The van der Waals surface area contributed by atoms with Crippen LogP contribution in [0.4, 0.5) is 4.79 Å². The lowest BCUT2D eigenvalue weighted by molar-refractivity contribution is 0.0199. The van der Waals surface area contributed by atoms with Gasteiger partial charge >= 0.3 is 6.09 Å². The van der Waals surface area contributed by atoms with Gasteiger partial charge in [-0.15, -0.1) is 10.2 Å². The van der Waals surface area contributed by atoms with Gasteiger partial charge in [0, 0.05) is 19.1 Å². The fourth-order valence-corrected chi connectivity index (χ4v) is 2.44. The van der Waals surface area contributed by atoms with Crippen LogP contribution < -0.4 is 5.32 Å². The van der Waals surface area contributed by atoms with Gasteiger partial charge in [-0.05, 0) is 61.7 Å². The molecule has 0 aromatic carbocycles. The van der Waals surface area contributed by atoms with Crippen molar-refractivity contribution in [3.8, 4) is 0 Å². The van der Waals surface area contributed by atoms with E-state index >= 15 is 0 Å². The van der Waals surface area contributed by atoms with Gasteiger partial charge in [-0.25, -0.2) is 4.79 Å². The Bertz CT molecular complexity index is 563. The highest BCUT2D eigenvalue weighted by atomic mass is 79.9. The van der Waals surface area contributed by atoms with Crippen LogP contribution in [0.15, 0.2) is 16.7 Å². The fraction of sp³-hybridized carbons (Fsp3) is 0.600. The molecule has 1 aromatic heterocycles. The maximum Gasteiger partial charge on any atom is 0.410 e. The smallest absolute Gasteiger partial charge is 0.410 e. The Labute approximate surface area is 143 Å². The number of likely N-dealkylation sites (tertiary alicyclic amines) is 1. The normalized spacial score (nSPS) is 16.1. The molecule has 8 heteroatoms. The second-order valence-corrected chi connectivity index (χ2v) is 7.27. The number of rotatable bonds is 2. The van der Waals surface area contributed by atoms with Crippen molar-refractivity contribution in [3.05, 3.63) is 22.4 Å². The van der Waals surface area contributed by atoms with Gasteiger partial charge in [0.05, 0.1) is 0 Å². The summed E-state index contributed by atoms with van der Waals surface area (Å²) in [5.74, 6) is -0.249. The fourth-order valence-electron chi connectivity index (χ4n) is 2.23. The third kappa shape index (κ3) is 5.46. The predicted octanol–water partition coefficient (Wildman–Crippen LogP) is 2.37. The summed E-state index contributed by atoms with van der Waals surface area (Å²) in [7, 11) is 0. The Morgan fingerprint density at radius 2 is 1.91 bits per heavy atom. The molecule has 0 bridgehead atoms. The zero-order valence-electron chi connectivity index (χ0n) is 13.5. The standard InChI is InChI=1S/C15H21BrN4O3/c1-15(2,3)23-14(22)20-8-6-10(7-9-20)17-13(21)11-4-5-12(16)19-18-11/h4-5,10H,6-9H2,1-3H3,(H,17,21). The third-order valence-corrected chi connectivity index (χ3v) is 3.77. The molecule has 2 amide bonds. The molecule has 2 heterocycles. The lowest BCUT2D eigenvalue weighted by atomic mass is 10.1. The van der Waals surface area contributed by atoms with Crippen LogP contribution in [0.25, 0.3) is 0 Å².